The predicted octanol–water partition coefficient (Wildman–Crippen LogP) is 3.20. The maximum absolute atomic E-state index is 12.7. The van der Waals surface area contributed by atoms with Gasteiger partial charge in [-0.15, -0.1) is 5.10 Å². The number of piperazine rings is 1. The van der Waals surface area contributed by atoms with Crippen LogP contribution in [-0.2, 0) is 0 Å². The van der Waals surface area contributed by atoms with Crippen molar-refractivity contribution in [3.8, 4) is 16.9 Å². The van der Waals surface area contributed by atoms with Crippen LogP contribution in [0.5, 0.6) is 5.75 Å². The number of alkyl halides is 1. The quantitative estimate of drug-likeness (QED) is 0.437. The number of halogens is 1. The summed E-state index contributed by atoms with van der Waals surface area (Å²) in [7, 11) is 0. The molecule has 10 nitrogen and oxygen atoms in total. The second-order valence-electron chi connectivity index (χ2n) is 8.39. The summed E-state index contributed by atoms with van der Waals surface area (Å²) >= 11 is 0. The number of fused-ring (bicyclic) bond motifs is 3. The maximum Gasteiger partial charge on any atom is 0.320 e. The zero-order chi connectivity index (χ0) is 24.4. The molecular weight excluding hydrogens is 451 g/mol. The van der Waals surface area contributed by atoms with E-state index in [1.807, 2.05) is 48.0 Å². The molecule has 1 fully saturated rings. The van der Waals surface area contributed by atoms with Crippen molar-refractivity contribution in [2.75, 3.05) is 57.4 Å². The van der Waals surface area contributed by atoms with Gasteiger partial charge in [-0.2, -0.15) is 5.10 Å². The molecule has 4 aromatic rings. The van der Waals surface area contributed by atoms with Gasteiger partial charge in [0.05, 0.1) is 23.3 Å². The van der Waals surface area contributed by atoms with Gasteiger partial charge in [0.25, 0.3) is 0 Å². The minimum absolute atomic E-state index is 0.0222. The van der Waals surface area contributed by atoms with Crippen LogP contribution in [0.25, 0.3) is 27.7 Å². The largest absolute Gasteiger partial charge is 0.489 e. The number of carbonyl (C=O) groups excluding carboxylic acids is 1. The number of aromatic nitrogens is 5. The highest BCUT2D eigenvalue weighted by atomic mass is 19.1. The Balaban J connectivity index is 1.38. The number of aromatic amines is 1. The van der Waals surface area contributed by atoms with Gasteiger partial charge in [0.1, 0.15) is 24.8 Å². The molecule has 5 heterocycles. The lowest BCUT2D eigenvalue weighted by atomic mass is 10.1. The molecule has 0 radical (unpaired) electrons. The molecule has 1 aliphatic rings. The molecule has 5 rings (SSSR count). The van der Waals surface area contributed by atoms with E-state index < -0.39 is 6.67 Å². The highest BCUT2D eigenvalue weighted by Gasteiger charge is 2.24. The van der Waals surface area contributed by atoms with Crippen LogP contribution < -0.4 is 9.64 Å². The molecule has 1 N–H and O–H groups in total. The number of rotatable bonds is 7. The van der Waals surface area contributed by atoms with Crippen molar-refractivity contribution >= 4 is 28.4 Å². The van der Waals surface area contributed by atoms with E-state index >= 15 is 0 Å². The van der Waals surface area contributed by atoms with E-state index in [2.05, 4.69) is 20.2 Å². The summed E-state index contributed by atoms with van der Waals surface area (Å²) in [6, 6.07) is 5.99. The van der Waals surface area contributed by atoms with Crippen molar-refractivity contribution in [2.24, 2.45) is 0 Å². The van der Waals surface area contributed by atoms with E-state index in [4.69, 9.17) is 9.72 Å². The molecule has 0 atom stereocenters. The van der Waals surface area contributed by atoms with Gasteiger partial charge in [-0.1, -0.05) is 0 Å². The van der Waals surface area contributed by atoms with E-state index in [9.17, 15) is 9.18 Å². The number of ether oxygens (including phenoxy) is 1. The normalized spacial score (nSPS) is 14.1. The number of hydrogen-bond acceptors (Lipinski definition) is 6. The van der Waals surface area contributed by atoms with Crippen LogP contribution >= 0.6 is 0 Å². The SMILES string of the molecule is CCN(CC)C(=O)N1CCN(c2ccc(-c3cc(OCCF)cn4nc5[nH]ncc5c34)cn2)CC1. The van der Waals surface area contributed by atoms with Crippen LogP contribution in [-0.4, -0.2) is 93.2 Å². The number of pyridine rings is 2. The average molecular weight is 481 g/mol. The third kappa shape index (κ3) is 4.33. The summed E-state index contributed by atoms with van der Waals surface area (Å²) in [5, 5.41) is 12.4. The van der Waals surface area contributed by atoms with Crippen LogP contribution in [0.3, 0.4) is 0 Å². The van der Waals surface area contributed by atoms with E-state index in [1.165, 1.54) is 0 Å². The van der Waals surface area contributed by atoms with E-state index in [-0.39, 0.29) is 12.6 Å². The fourth-order valence-electron chi connectivity index (χ4n) is 4.55. The molecule has 184 valence electrons. The van der Waals surface area contributed by atoms with Gasteiger partial charge < -0.3 is 19.4 Å². The molecule has 4 aromatic heterocycles. The first-order valence-electron chi connectivity index (χ1n) is 11.9. The van der Waals surface area contributed by atoms with Gasteiger partial charge in [-0.3, -0.25) is 5.10 Å². The third-order valence-electron chi connectivity index (χ3n) is 6.42. The monoisotopic (exact) mass is 480 g/mol. The first kappa shape index (κ1) is 22.9. The number of H-pyrrole nitrogens is 1. The Hall–Kier alpha value is -3.89. The Labute approximate surface area is 202 Å². The van der Waals surface area contributed by atoms with Gasteiger partial charge >= 0.3 is 6.03 Å². The molecule has 1 saturated heterocycles. The summed E-state index contributed by atoms with van der Waals surface area (Å²) in [6.45, 7) is 7.64. The number of nitrogens with zero attached hydrogens (tertiary/aromatic N) is 7. The first-order valence-corrected chi connectivity index (χ1v) is 11.9. The minimum Gasteiger partial charge on any atom is -0.489 e. The Morgan fingerprint density at radius 3 is 2.66 bits per heavy atom. The molecule has 2 amide bonds. The molecule has 0 aliphatic carbocycles. The average Bonchev–Trinajstić information content (AvgIpc) is 3.49. The van der Waals surface area contributed by atoms with Crippen LogP contribution in [0.15, 0.2) is 36.8 Å². The molecule has 0 aromatic carbocycles. The minimum atomic E-state index is -0.568. The summed E-state index contributed by atoms with van der Waals surface area (Å²) in [6.07, 6.45) is 5.31. The van der Waals surface area contributed by atoms with Crippen LogP contribution in [0.1, 0.15) is 13.8 Å². The van der Waals surface area contributed by atoms with Gasteiger partial charge in [-0.05, 0) is 32.0 Å². The number of amides is 2. The van der Waals surface area contributed by atoms with Crippen molar-refractivity contribution in [1.82, 2.24) is 34.6 Å². The molecule has 1 aliphatic heterocycles. The number of nitrogens with one attached hydrogen (secondary N) is 1. The molecule has 35 heavy (non-hydrogen) atoms. The second-order valence-corrected chi connectivity index (χ2v) is 8.39. The molecule has 0 spiro atoms. The van der Waals surface area contributed by atoms with Crippen LogP contribution in [0.4, 0.5) is 15.0 Å². The van der Waals surface area contributed by atoms with Crippen molar-refractivity contribution in [3.63, 3.8) is 0 Å². The topological polar surface area (TPSA) is 94.9 Å². The highest BCUT2D eigenvalue weighted by molar-refractivity contribution is 6.00. The first-order chi connectivity index (χ1) is 17.1. The summed E-state index contributed by atoms with van der Waals surface area (Å²) < 4.78 is 20.0. The van der Waals surface area contributed by atoms with Crippen LogP contribution in [0, 0.1) is 0 Å². The zero-order valence-electron chi connectivity index (χ0n) is 19.9. The number of carbonyl (C=O) groups is 1. The Bertz CT molecular complexity index is 1310. The van der Waals surface area contributed by atoms with Crippen molar-refractivity contribution in [1.29, 1.82) is 0 Å². The maximum atomic E-state index is 12.7. The highest BCUT2D eigenvalue weighted by Crippen LogP contribution is 2.33. The molecular formula is C24H29FN8O2. The van der Waals surface area contributed by atoms with Gasteiger partial charge in [0.2, 0.25) is 0 Å². The van der Waals surface area contributed by atoms with Crippen molar-refractivity contribution in [2.45, 2.75) is 13.8 Å². The Morgan fingerprint density at radius 2 is 1.97 bits per heavy atom. The van der Waals surface area contributed by atoms with E-state index in [0.717, 1.165) is 40.9 Å². The smallest absolute Gasteiger partial charge is 0.320 e. The fraction of sp³-hybridized carbons (Fsp3) is 0.417. The summed E-state index contributed by atoms with van der Waals surface area (Å²) in [4.78, 5) is 23.3. The summed E-state index contributed by atoms with van der Waals surface area (Å²) in [5.74, 6) is 1.40. The fourth-order valence-corrected chi connectivity index (χ4v) is 4.55. The van der Waals surface area contributed by atoms with E-state index in [0.29, 0.717) is 37.6 Å². The molecule has 0 saturated carbocycles. The van der Waals surface area contributed by atoms with E-state index in [1.54, 1.807) is 16.9 Å². The third-order valence-corrected chi connectivity index (χ3v) is 6.42. The Kier molecular flexibility index (Phi) is 6.39. The second kappa shape index (κ2) is 9.77. The number of anilines is 1. The van der Waals surface area contributed by atoms with Gasteiger partial charge in [-0.25, -0.2) is 18.7 Å². The molecule has 11 heteroatoms. The molecule has 0 unspecified atom stereocenters. The predicted molar refractivity (Wildman–Crippen MR) is 132 cm³/mol. The number of hydrogen-bond donors (Lipinski definition) is 1. The van der Waals surface area contributed by atoms with Gasteiger partial charge in [0.15, 0.2) is 5.65 Å². The Morgan fingerprint density at radius 1 is 1.17 bits per heavy atom. The van der Waals surface area contributed by atoms with Crippen molar-refractivity contribution < 1.29 is 13.9 Å². The standard InChI is InChI=1S/C24H29FN8O2/c1-3-30(4-2)24(34)32-10-8-31(9-11-32)21-6-5-17(14-26-21)19-13-18(35-12-7-25)16-33-22(19)20-15-27-28-23(20)29-33/h5-6,13-16H,3-4,7-12H2,1-2H3,(H,28,29). The molecule has 0 bridgehead atoms. The van der Waals surface area contributed by atoms with Crippen molar-refractivity contribution in [3.05, 3.63) is 36.8 Å². The van der Waals surface area contributed by atoms with Gasteiger partial charge in [0, 0.05) is 56.6 Å². The zero-order valence-corrected chi connectivity index (χ0v) is 19.9. The van der Waals surface area contributed by atoms with Crippen LogP contribution in [0.2, 0.25) is 0 Å². The summed E-state index contributed by atoms with van der Waals surface area (Å²) in [5.41, 5.74) is 3.30. The lowest BCUT2D eigenvalue weighted by Gasteiger charge is -2.37. The lowest BCUT2D eigenvalue weighted by Crippen LogP contribution is -2.53. The lowest BCUT2D eigenvalue weighted by molar-refractivity contribution is 0.154. The number of urea groups is 1.